The van der Waals surface area contributed by atoms with Gasteiger partial charge in [0.25, 0.3) is 0 Å². The summed E-state index contributed by atoms with van der Waals surface area (Å²) in [6.45, 7) is 5.29. The van der Waals surface area contributed by atoms with Crippen LogP contribution in [0.2, 0.25) is 0 Å². The van der Waals surface area contributed by atoms with Gasteiger partial charge >= 0.3 is 0 Å². The number of aromatic nitrogens is 1. The molecule has 1 aliphatic rings. The van der Waals surface area contributed by atoms with Gasteiger partial charge < -0.3 is 5.32 Å². The van der Waals surface area contributed by atoms with Crippen molar-refractivity contribution in [3.05, 3.63) is 36.0 Å². The number of fused-ring (bicyclic) bond motifs is 1. The van der Waals surface area contributed by atoms with Crippen LogP contribution in [0.5, 0.6) is 0 Å². The molecule has 0 spiro atoms. The largest absolute Gasteiger partial charge is 0.314 e. The quantitative estimate of drug-likeness (QED) is 0.943. The number of nitrogens with zero attached hydrogens (tertiary/aromatic N) is 3. The highest BCUT2D eigenvalue weighted by molar-refractivity contribution is 5.93. The first-order valence-electron chi connectivity index (χ1n) is 7.65. The molecule has 3 rings (SSSR count). The molecule has 0 saturated carbocycles. The van der Waals surface area contributed by atoms with E-state index in [9.17, 15) is 10.1 Å². The van der Waals surface area contributed by atoms with E-state index in [0.29, 0.717) is 6.42 Å². The van der Waals surface area contributed by atoms with E-state index in [1.807, 2.05) is 30.5 Å². The third-order valence-electron chi connectivity index (χ3n) is 4.32. The molecule has 0 radical (unpaired) electrons. The van der Waals surface area contributed by atoms with Crippen LogP contribution >= 0.6 is 0 Å². The standard InChI is InChI=1S/C17H20N4O/c1-13(22)21-12-15(14-4-2-3-5-17(14)21)16(6-7-18)20-10-8-19-9-11-20/h2-5,12,16,19H,6,8-11H2,1H3/t16-/m1/s1. The van der Waals surface area contributed by atoms with Crippen molar-refractivity contribution < 1.29 is 4.79 Å². The number of hydrogen-bond acceptors (Lipinski definition) is 4. The summed E-state index contributed by atoms with van der Waals surface area (Å²) in [5.41, 5.74) is 2.00. The first-order valence-corrected chi connectivity index (χ1v) is 7.65. The van der Waals surface area contributed by atoms with Crippen molar-refractivity contribution in [1.82, 2.24) is 14.8 Å². The second kappa shape index (κ2) is 6.30. The highest BCUT2D eigenvalue weighted by Crippen LogP contribution is 2.32. The first kappa shape index (κ1) is 14.8. The van der Waals surface area contributed by atoms with E-state index < -0.39 is 0 Å². The highest BCUT2D eigenvalue weighted by Gasteiger charge is 2.25. The minimum atomic E-state index is -0.00142. The zero-order valence-electron chi connectivity index (χ0n) is 12.7. The highest BCUT2D eigenvalue weighted by atomic mass is 16.1. The van der Waals surface area contributed by atoms with Crippen LogP contribution in [0.4, 0.5) is 0 Å². The van der Waals surface area contributed by atoms with Crippen molar-refractivity contribution in [2.45, 2.75) is 19.4 Å². The molecule has 1 aliphatic heterocycles. The predicted octanol–water partition coefficient (Wildman–Crippen LogP) is 2.16. The second-order valence-corrected chi connectivity index (χ2v) is 5.65. The van der Waals surface area contributed by atoms with Crippen LogP contribution < -0.4 is 5.32 Å². The Labute approximate surface area is 130 Å². The second-order valence-electron chi connectivity index (χ2n) is 5.65. The van der Waals surface area contributed by atoms with E-state index in [-0.39, 0.29) is 11.9 Å². The topological polar surface area (TPSA) is 61.1 Å². The number of nitriles is 1. The maximum atomic E-state index is 11.9. The molecule has 0 aliphatic carbocycles. The third-order valence-corrected chi connectivity index (χ3v) is 4.32. The fraction of sp³-hybridized carbons (Fsp3) is 0.412. The normalized spacial score (nSPS) is 17.3. The van der Waals surface area contributed by atoms with Crippen molar-refractivity contribution in [3.63, 3.8) is 0 Å². The molecule has 2 aromatic rings. The number of rotatable bonds is 3. The maximum Gasteiger partial charge on any atom is 0.227 e. The Hall–Kier alpha value is -2.16. The fourth-order valence-electron chi connectivity index (χ4n) is 3.25. The van der Waals surface area contributed by atoms with Crippen LogP contribution in [0.15, 0.2) is 30.5 Å². The van der Waals surface area contributed by atoms with E-state index in [0.717, 1.165) is 42.6 Å². The van der Waals surface area contributed by atoms with Crippen LogP contribution in [-0.2, 0) is 0 Å². The van der Waals surface area contributed by atoms with Gasteiger partial charge in [-0.2, -0.15) is 5.26 Å². The number of piperazine rings is 1. The van der Waals surface area contributed by atoms with E-state index in [1.54, 1.807) is 11.5 Å². The number of para-hydroxylation sites is 1. The number of benzene rings is 1. The molecule has 1 saturated heterocycles. The number of carbonyl (C=O) groups excluding carboxylic acids is 1. The Morgan fingerprint density at radius 2 is 2.09 bits per heavy atom. The maximum absolute atomic E-state index is 11.9. The van der Waals surface area contributed by atoms with Crippen molar-refractivity contribution in [2.75, 3.05) is 26.2 Å². The Balaban J connectivity index is 2.09. The molecule has 0 amide bonds. The van der Waals surface area contributed by atoms with Crippen molar-refractivity contribution in [1.29, 1.82) is 5.26 Å². The first-order chi connectivity index (χ1) is 10.7. The summed E-state index contributed by atoms with van der Waals surface area (Å²) < 4.78 is 1.69. The minimum absolute atomic E-state index is 0.00142. The molecule has 0 bridgehead atoms. The van der Waals surface area contributed by atoms with Crippen molar-refractivity contribution >= 4 is 16.8 Å². The third kappa shape index (κ3) is 2.63. The van der Waals surface area contributed by atoms with Gasteiger partial charge in [-0.1, -0.05) is 18.2 Å². The van der Waals surface area contributed by atoms with E-state index in [4.69, 9.17) is 0 Å². The van der Waals surface area contributed by atoms with Crippen LogP contribution in [0, 0.1) is 11.3 Å². The van der Waals surface area contributed by atoms with Crippen LogP contribution in [0.25, 0.3) is 10.9 Å². The molecule has 22 heavy (non-hydrogen) atoms. The average Bonchev–Trinajstić information content (AvgIpc) is 2.93. The van der Waals surface area contributed by atoms with E-state index >= 15 is 0 Å². The Kier molecular flexibility index (Phi) is 4.23. The fourth-order valence-corrected chi connectivity index (χ4v) is 3.25. The summed E-state index contributed by atoms with van der Waals surface area (Å²) in [4.78, 5) is 14.2. The van der Waals surface area contributed by atoms with Crippen molar-refractivity contribution in [2.24, 2.45) is 0 Å². The molecule has 1 aromatic carbocycles. The molecular weight excluding hydrogens is 276 g/mol. The minimum Gasteiger partial charge on any atom is -0.314 e. The van der Waals surface area contributed by atoms with Crippen LogP contribution in [0.3, 0.4) is 0 Å². The lowest BCUT2D eigenvalue weighted by Gasteiger charge is -2.33. The molecular formula is C17H20N4O. The molecule has 5 nitrogen and oxygen atoms in total. The summed E-state index contributed by atoms with van der Waals surface area (Å²) in [6.07, 6.45) is 2.35. The zero-order valence-corrected chi connectivity index (χ0v) is 12.7. The summed E-state index contributed by atoms with van der Waals surface area (Å²) in [7, 11) is 0. The molecule has 5 heteroatoms. The van der Waals surface area contributed by atoms with Gasteiger partial charge in [0.05, 0.1) is 18.0 Å². The van der Waals surface area contributed by atoms with Gasteiger partial charge in [-0.3, -0.25) is 14.3 Å². The van der Waals surface area contributed by atoms with Gasteiger partial charge in [0, 0.05) is 50.7 Å². The van der Waals surface area contributed by atoms with Gasteiger partial charge in [0.15, 0.2) is 0 Å². The molecule has 1 aromatic heterocycles. The Bertz CT molecular complexity index is 722. The number of carbonyl (C=O) groups is 1. The summed E-state index contributed by atoms with van der Waals surface area (Å²) >= 11 is 0. The molecule has 1 atom stereocenters. The summed E-state index contributed by atoms with van der Waals surface area (Å²) in [6, 6.07) is 10.3. The molecule has 2 heterocycles. The van der Waals surface area contributed by atoms with Gasteiger partial charge in [-0.15, -0.1) is 0 Å². The van der Waals surface area contributed by atoms with Gasteiger partial charge in [-0.05, 0) is 11.6 Å². The van der Waals surface area contributed by atoms with Gasteiger partial charge in [0.2, 0.25) is 5.91 Å². The Morgan fingerprint density at radius 3 is 2.77 bits per heavy atom. The monoisotopic (exact) mass is 296 g/mol. The predicted molar refractivity (Wildman–Crippen MR) is 85.7 cm³/mol. The van der Waals surface area contributed by atoms with Gasteiger partial charge in [-0.25, -0.2) is 0 Å². The van der Waals surface area contributed by atoms with E-state index in [2.05, 4.69) is 16.3 Å². The number of hydrogen-bond donors (Lipinski definition) is 1. The molecule has 0 unspecified atom stereocenters. The van der Waals surface area contributed by atoms with Crippen molar-refractivity contribution in [3.8, 4) is 6.07 Å². The van der Waals surface area contributed by atoms with Crippen LogP contribution in [0.1, 0.15) is 29.7 Å². The smallest absolute Gasteiger partial charge is 0.227 e. The zero-order chi connectivity index (χ0) is 15.5. The van der Waals surface area contributed by atoms with Gasteiger partial charge in [0.1, 0.15) is 0 Å². The molecule has 1 fully saturated rings. The summed E-state index contributed by atoms with van der Waals surface area (Å²) in [5, 5.41) is 13.7. The number of nitrogens with one attached hydrogen (secondary N) is 1. The summed E-state index contributed by atoms with van der Waals surface area (Å²) in [5.74, 6) is -0.00142. The molecule has 1 N–H and O–H groups in total. The van der Waals surface area contributed by atoms with Crippen LogP contribution in [-0.4, -0.2) is 41.6 Å². The lowest BCUT2D eigenvalue weighted by Crippen LogP contribution is -2.45. The lowest BCUT2D eigenvalue weighted by atomic mass is 10.0. The Morgan fingerprint density at radius 1 is 1.36 bits per heavy atom. The van der Waals surface area contributed by atoms with E-state index in [1.165, 1.54) is 0 Å². The average molecular weight is 296 g/mol. The molecule has 114 valence electrons. The SMILES string of the molecule is CC(=O)n1cc([C@@H](CC#N)N2CCNCC2)c2ccccc21. The lowest BCUT2D eigenvalue weighted by molar-refractivity contribution is 0.0941.